The molecule has 2 amide bonds. The highest BCUT2D eigenvalue weighted by atomic mass is 19.1. The van der Waals surface area contributed by atoms with Gasteiger partial charge in [-0.1, -0.05) is 25.0 Å². The number of hydrogen-bond acceptors (Lipinski definition) is 5. The molecule has 7 N–H and O–H groups in total. The molecule has 8 nitrogen and oxygen atoms in total. The predicted octanol–water partition coefficient (Wildman–Crippen LogP) is 3.70. The minimum Gasteiger partial charge on any atom is -0.399 e. The van der Waals surface area contributed by atoms with Crippen molar-refractivity contribution in [3.63, 3.8) is 0 Å². The van der Waals surface area contributed by atoms with Crippen molar-refractivity contribution in [3.05, 3.63) is 60.0 Å². The number of rotatable bonds is 10. The SMILES string of the molecule is Nc1ccc(-c2cc(C(=O)NCCCCCCC(=O)Nc3ccc(F)cc3N)[nH]n2)cc1. The van der Waals surface area contributed by atoms with Crippen LogP contribution in [0, 0.1) is 5.82 Å². The minimum atomic E-state index is -0.442. The fourth-order valence-corrected chi connectivity index (χ4v) is 3.16. The summed E-state index contributed by atoms with van der Waals surface area (Å²) in [5.74, 6) is -0.814. The van der Waals surface area contributed by atoms with E-state index in [1.54, 1.807) is 18.2 Å². The number of H-pyrrole nitrogens is 1. The third-order valence-corrected chi connectivity index (χ3v) is 4.93. The van der Waals surface area contributed by atoms with Gasteiger partial charge < -0.3 is 22.1 Å². The zero-order valence-electron chi connectivity index (χ0n) is 17.7. The quantitative estimate of drug-likeness (QED) is 0.243. The number of carbonyl (C=O) groups is 2. The van der Waals surface area contributed by atoms with E-state index in [-0.39, 0.29) is 17.5 Å². The number of nitrogens with one attached hydrogen (secondary N) is 3. The standard InChI is InChI=1S/C23H27FN6O2/c24-16-8-11-19(18(26)13-16)28-22(31)5-3-1-2-4-12-27-23(32)21-14-20(29-30-21)15-6-9-17(25)10-7-15/h6-11,13-14H,1-5,12,25-26H2,(H,27,32)(H,28,31)(H,29,30). The lowest BCUT2D eigenvalue weighted by molar-refractivity contribution is -0.116. The van der Waals surface area contributed by atoms with Gasteiger partial charge in [0.05, 0.1) is 17.1 Å². The first kappa shape index (κ1) is 22.8. The van der Waals surface area contributed by atoms with E-state index in [2.05, 4.69) is 20.8 Å². The van der Waals surface area contributed by atoms with Gasteiger partial charge in [0.2, 0.25) is 5.91 Å². The third kappa shape index (κ3) is 6.56. The van der Waals surface area contributed by atoms with Gasteiger partial charge in [0.15, 0.2) is 0 Å². The number of carbonyl (C=O) groups excluding carboxylic acids is 2. The van der Waals surface area contributed by atoms with Crippen LogP contribution in [-0.2, 0) is 4.79 Å². The van der Waals surface area contributed by atoms with Crippen molar-refractivity contribution < 1.29 is 14.0 Å². The summed E-state index contributed by atoms with van der Waals surface area (Å²) in [6, 6.07) is 12.8. The second-order valence-electron chi connectivity index (χ2n) is 7.49. The van der Waals surface area contributed by atoms with Crippen LogP contribution in [0.15, 0.2) is 48.5 Å². The van der Waals surface area contributed by atoms with Gasteiger partial charge in [0.25, 0.3) is 5.91 Å². The summed E-state index contributed by atoms with van der Waals surface area (Å²) in [6.45, 7) is 0.535. The van der Waals surface area contributed by atoms with Crippen LogP contribution in [-0.4, -0.2) is 28.6 Å². The molecule has 0 aliphatic carbocycles. The van der Waals surface area contributed by atoms with Crippen LogP contribution in [0.25, 0.3) is 11.3 Å². The Hall–Kier alpha value is -3.88. The van der Waals surface area contributed by atoms with Gasteiger partial charge in [-0.3, -0.25) is 14.7 Å². The van der Waals surface area contributed by atoms with Gasteiger partial charge >= 0.3 is 0 Å². The van der Waals surface area contributed by atoms with Crippen LogP contribution in [0.4, 0.5) is 21.5 Å². The number of anilines is 3. The maximum atomic E-state index is 13.0. The second-order valence-corrected chi connectivity index (χ2v) is 7.49. The molecular formula is C23H27FN6O2. The number of aromatic amines is 1. The van der Waals surface area contributed by atoms with E-state index in [1.807, 2.05) is 12.1 Å². The van der Waals surface area contributed by atoms with Crippen molar-refractivity contribution in [1.82, 2.24) is 15.5 Å². The number of nitrogens with two attached hydrogens (primary N) is 2. The van der Waals surface area contributed by atoms with Crippen LogP contribution in [0.1, 0.15) is 42.6 Å². The molecule has 0 aliphatic heterocycles. The van der Waals surface area contributed by atoms with Crippen molar-refractivity contribution in [2.24, 2.45) is 0 Å². The van der Waals surface area contributed by atoms with Crippen molar-refractivity contribution in [2.45, 2.75) is 32.1 Å². The lowest BCUT2D eigenvalue weighted by Gasteiger charge is -2.08. The molecule has 0 unspecified atom stereocenters. The van der Waals surface area contributed by atoms with Crippen LogP contribution in [0.5, 0.6) is 0 Å². The lowest BCUT2D eigenvalue weighted by Crippen LogP contribution is -2.24. The molecule has 2 aromatic carbocycles. The Labute approximate surface area is 185 Å². The number of aromatic nitrogens is 2. The molecule has 168 valence electrons. The largest absolute Gasteiger partial charge is 0.399 e. The van der Waals surface area contributed by atoms with Crippen LogP contribution in [0.2, 0.25) is 0 Å². The maximum Gasteiger partial charge on any atom is 0.269 e. The Morgan fingerprint density at radius 1 is 0.969 bits per heavy atom. The van der Waals surface area contributed by atoms with Gasteiger partial charge in [0, 0.05) is 24.2 Å². The van der Waals surface area contributed by atoms with Crippen molar-refractivity contribution in [1.29, 1.82) is 0 Å². The molecular weight excluding hydrogens is 411 g/mol. The fraction of sp³-hybridized carbons (Fsp3) is 0.261. The first-order valence-electron chi connectivity index (χ1n) is 10.5. The number of nitrogen functional groups attached to an aromatic ring is 2. The van der Waals surface area contributed by atoms with Crippen molar-refractivity contribution >= 4 is 28.9 Å². The van der Waals surface area contributed by atoms with E-state index in [4.69, 9.17) is 11.5 Å². The average Bonchev–Trinajstić information content (AvgIpc) is 3.26. The van der Waals surface area contributed by atoms with Gasteiger partial charge in [-0.05, 0) is 49.2 Å². The molecule has 9 heteroatoms. The Balaban J connectivity index is 1.30. The number of nitrogens with zero attached hydrogens (tertiary/aromatic N) is 1. The lowest BCUT2D eigenvalue weighted by atomic mass is 10.1. The zero-order valence-corrected chi connectivity index (χ0v) is 17.7. The van der Waals surface area contributed by atoms with Crippen LogP contribution < -0.4 is 22.1 Å². The van der Waals surface area contributed by atoms with Gasteiger partial charge in [-0.2, -0.15) is 5.10 Å². The molecule has 0 saturated heterocycles. The molecule has 0 radical (unpaired) electrons. The Bertz CT molecular complexity index is 1060. The summed E-state index contributed by atoms with van der Waals surface area (Å²) in [4.78, 5) is 24.2. The first-order chi connectivity index (χ1) is 15.4. The smallest absolute Gasteiger partial charge is 0.269 e. The highest BCUT2D eigenvalue weighted by Gasteiger charge is 2.11. The Kier molecular flexibility index (Phi) is 7.80. The molecule has 0 saturated carbocycles. The summed E-state index contributed by atoms with van der Waals surface area (Å²) >= 11 is 0. The molecule has 0 bridgehead atoms. The van der Waals surface area contributed by atoms with E-state index in [9.17, 15) is 14.0 Å². The van der Waals surface area contributed by atoms with Crippen molar-refractivity contribution in [2.75, 3.05) is 23.3 Å². The summed E-state index contributed by atoms with van der Waals surface area (Å²) in [6.07, 6.45) is 3.61. The second kappa shape index (κ2) is 10.9. The molecule has 3 rings (SSSR count). The summed E-state index contributed by atoms with van der Waals surface area (Å²) in [5, 5.41) is 12.5. The molecule has 0 aliphatic rings. The van der Waals surface area contributed by atoms with Gasteiger partial charge in [-0.25, -0.2) is 4.39 Å². The first-order valence-corrected chi connectivity index (χ1v) is 10.5. The zero-order chi connectivity index (χ0) is 22.9. The average molecular weight is 439 g/mol. The summed E-state index contributed by atoms with van der Waals surface area (Å²) in [7, 11) is 0. The molecule has 0 fully saturated rings. The number of unbranched alkanes of at least 4 members (excludes halogenated alkanes) is 3. The number of halogens is 1. The Morgan fingerprint density at radius 3 is 2.47 bits per heavy atom. The molecule has 32 heavy (non-hydrogen) atoms. The van der Waals surface area contributed by atoms with E-state index < -0.39 is 5.82 Å². The topological polar surface area (TPSA) is 139 Å². The monoisotopic (exact) mass is 438 g/mol. The Morgan fingerprint density at radius 2 is 1.72 bits per heavy atom. The highest BCUT2D eigenvalue weighted by Crippen LogP contribution is 2.20. The van der Waals surface area contributed by atoms with Gasteiger partial charge in [0.1, 0.15) is 11.5 Å². The molecule has 0 atom stereocenters. The molecule has 0 spiro atoms. The van der Waals surface area contributed by atoms with E-state index in [0.29, 0.717) is 42.1 Å². The molecule has 3 aromatic rings. The van der Waals surface area contributed by atoms with Gasteiger partial charge in [-0.15, -0.1) is 0 Å². The van der Waals surface area contributed by atoms with E-state index in [1.165, 1.54) is 18.2 Å². The van der Waals surface area contributed by atoms with Crippen LogP contribution in [0.3, 0.4) is 0 Å². The third-order valence-electron chi connectivity index (χ3n) is 4.93. The molecule has 1 heterocycles. The van der Waals surface area contributed by atoms with E-state index in [0.717, 1.165) is 24.8 Å². The van der Waals surface area contributed by atoms with E-state index >= 15 is 0 Å². The summed E-state index contributed by atoms with van der Waals surface area (Å²) < 4.78 is 13.0. The van der Waals surface area contributed by atoms with Crippen molar-refractivity contribution in [3.8, 4) is 11.3 Å². The maximum absolute atomic E-state index is 13.0. The minimum absolute atomic E-state index is 0.159. The fourth-order valence-electron chi connectivity index (χ4n) is 3.16. The predicted molar refractivity (Wildman–Crippen MR) is 123 cm³/mol. The summed E-state index contributed by atoms with van der Waals surface area (Å²) in [5.41, 5.74) is 14.6. The normalized spacial score (nSPS) is 10.7. The number of hydrogen-bond donors (Lipinski definition) is 5. The number of benzene rings is 2. The number of amides is 2. The highest BCUT2D eigenvalue weighted by molar-refractivity contribution is 5.94. The van der Waals surface area contributed by atoms with Crippen LogP contribution >= 0.6 is 0 Å². The molecule has 1 aromatic heterocycles.